The van der Waals surface area contributed by atoms with E-state index in [1.807, 2.05) is 0 Å². The molecular formula is C9H4ClF2NO. The average Bonchev–Trinajstić information content (AvgIpc) is 2.17. The lowest BCUT2D eigenvalue weighted by molar-refractivity contribution is 0.515. The molecule has 0 unspecified atom stereocenters. The minimum absolute atomic E-state index is 0.0383. The lowest BCUT2D eigenvalue weighted by atomic mass is 10.2. The van der Waals surface area contributed by atoms with Crippen molar-refractivity contribution in [3.8, 4) is 0 Å². The highest BCUT2D eigenvalue weighted by Crippen LogP contribution is 2.16. The zero-order chi connectivity index (χ0) is 10.3. The van der Waals surface area contributed by atoms with E-state index in [2.05, 4.69) is 4.98 Å². The first-order valence-corrected chi connectivity index (χ1v) is 4.14. The molecule has 0 fully saturated rings. The Morgan fingerprint density at radius 1 is 1.29 bits per heavy atom. The Hall–Kier alpha value is -1.42. The van der Waals surface area contributed by atoms with Gasteiger partial charge in [-0.05, 0) is 12.1 Å². The SMILES string of the molecule is O=c1c(Cl)c[nH]c2c(F)c(F)ccc12. The number of rotatable bonds is 0. The molecule has 0 radical (unpaired) electrons. The van der Waals surface area contributed by atoms with E-state index in [4.69, 9.17) is 11.6 Å². The summed E-state index contributed by atoms with van der Waals surface area (Å²) < 4.78 is 25.9. The van der Waals surface area contributed by atoms with Crippen LogP contribution in [0.5, 0.6) is 0 Å². The molecule has 72 valence electrons. The third kappa shape index (κ3) is 1.19. The van der Waals surface area contributed by atoms with Crippen LogP contribution in [0.15, 0.2) is 23.1 Å². The first-order valence-electron chi connectivity index (χ1n) is 3.76. The molecule has 2 rings (SSSR count). The molecule has 0 saturated carbocycles. The smallest absolute Gasteiger partial charge is 0.208 e. The van der Waals surface area contributed by atoms with Gasteiger partial charge in [0.15, 0.2) is 11.6 Å². The highest BCUT2D eigenvalue weighted by Gasteiger charge is 2.10. The van der Waals surface area contributed by atoms with Crippen LogP contribution in [0, 0.1) is 11.6 Å². The molecule has 2 aromatic rings. The van der Waals surface area contributed by atoms with Gasteiger partial charge in [0.05, 0.1) is 10.9 Å². The number of aromatic amines is 1. The van der Waals surface area contributed by atoms with E-state index in [0.29, 0.717) is 0 Å². The number of H-pyrrole nitrogens is 1. The van der Waals surface area contributed by atoms with Crippen molar-refractivity contribution >= 4 is 22.5 Å². The van der Waals surface area contributed by atoms with Crippen LogP contribution < -0.4 is 5.43 Å². The Labute approximate surface area is 82.1 Å². The molecule has 5 heteroatoms. The minimum Gasteiger partial charge on any atom is -0.357 e. The summed E-state index contributed by atoms with van der Waals surface area (Å²) in [5, 5.41) is -0.0140. The Balaban J connectivity index is 3.02. The quantitative estimate of drug-likeness (QED) is 0.720. The van der Waals surface area contributed by atoms with E-state index in [1.54, 1.807) is 0 Å². The van der Waals surface area contributed by atoms with E-state index in [9.17, 15) is 13.6 Å². The maximum absolute atomic E-state index is 13.1. The Morgan fingerprint density at radius 3 is 2.71 bits per heavy atom. The zero-order valence-corrected chi connectivity index (χ0v) is 7.53. The van der Waals surface area contributed by atoms with E-state index >= 15 is 0 Å². The van der Waals surface area contributed by atoms with Crippen molar-refractivity contribution in [2.24, 2.45) is 0 Å². The fraction of sp³-hybridized carbons (Fsp3) is 0. The van der Waals surface area contributed by atoms with Gasteiger partial charge in [0.2, 0.25) is 5.43 Å². The van der Waals surface area contributed by atoms with Gasteiger partial charge in [0.1, 0.15) is 5.02 Å². The van der Waals surface area contributed by atoms with Gasteiger partial charge in [-0.2, -0.15) is 0 Å². The van der Waals surface area contributed by atoms with Crippen LogP contribution in [0.4, 0.5) is 8.78 Å². The molecule has 0 aliphatic heterocycles. The lowest BCUT2D eigenvalue weighted by Crippen LogP contribution is -2.04. The van der Waals surface area contributed by atoms with Gasteiger partial charge < -0.3 is 4.98 Å². The molecule has 0 amide bonds. The summed E-state index contributed by atoms with van der Waals surface area (Å²) >= 11 is 5.52. The molecule has 0 saturated heterocycles. The predicted octanol–water partition coefficient (Wildman–Crippen LogP) is 2.46. The maximum atomic E-state index is 13.1. The summed E-state index contributed by atoms with van der Waals surface area (Å²) in [4.78, 5) is 13.8. The lowest BCUT2D eigenvalue weighted by Gasteiger charge is -2.00. The minimum atomic E-state index is -1.07. The van der Waals surface area contributed by atoms with Crippen molar-refractivity contribution in [2.45, 2.75) is 0 Å². The molecule has 2 nitrogen and oxygen atoms in total. The monoisotopic (exact) mass is 215 g/mol. The summed E-state index contributed by atoms with van der Waals surface area (Å²) in [7, 11) is 0. The molecule has 1 aromatic heterocycles. The van der Waals surface area contributed by atoms with Gasteiger partial charge >= 0.3 is 0 Å². The number of fused-ring (bicyclic) bond motifs is 1. The Morgan fingerprint density at radius 2 is 2.00 bits per heavy atom. The number of benzene rings is 1. The number of aromatic nitrogens is 1. The van der Waals surface area contributed by atoms with Crippen molar-refractivity contribution in [1.29, 1.82) is 0 Å². The van der Waals surface area contributed by atoms with E-state index < -0.39 is 17.1 Å². The number of halogens is 3. The summed E-state index contributed by atoms with van der Waals surface area (Å²) in [5.74, 6) is -2.08. The summed E-state index contributed by atoms with van der Waals surface area (Å²) in [6.45, 7) is 0. The normalized spacial score (nSPS) is 10.8. The zero-order valence-electron chi connectivity index (χ0n) is 6.77. The van der Waals surface area contributed by atoms with Crippen molar-refractivity contribution in [2.75, 3.05) is 0 Å². The van der Waals surface area contributed by atoms with Crippen LogP contribution in [0.1, 0.15) is 0 Å². The molecule has 0 aliphatic carbocycles. The Bertz CT molecular complexity index is 564. The average molecular weight is 216 g/mol. The molecule has 0 spiro atoms. The fourth-order valence-corrected chi connectivity index (χ4v) is 1.37. The second-order valence-corrected chi connectivity index (χ2v) is 3.16. The molecule has 1 aromatic carbocycles. The van der Waals surface area contributed by atoms with E-state index in [0.717, 1.165) is 12.3 Å². The van der Waals surface area contributed by atoms with Crippen molar-refractivity contribution in [3.05, 3.63) is 45.2 Å². The number of pyridine rings is 1. The van der Waals surface area contributed by atoms with Crippen LogP contribution in [0.25, 0.3) is 10.9 Å². The maximum Gasteiger partial charge on any atom is 0.208 e. The molecule has 0 atom stereocenters. The number of hydrogen-bond donors (Lipinski definition) is 1. The Kier molecular flexibility index (Phi) is 2.00. The first kappa shape index (κ1) is 9.15. The van der Waals surface area contributed by atoms with Crippen LogP contribution in [0.3, 0.4) is 0 Å². The predicted molar refractivity (Wildman–Crippen MR) is 49.5 cm³/mol. The number of hydrogen-bond acceptors (Lipinski definition) is 1. The van der Waals surface area contributed by atoms with E-state index in [-0.39, 0.29) is 15.9 Å². The second kappa shape index (κ2) is 3.06. The van der Waals surface area contributed by atoms with Gasteiger partial charge in [-0.3, -0.25) is 4.79 Å². The van der Waals surface area contributed by atoms with Crippen LogP contribution in [-0.4, -0.2) is 4.98 Å². The summed E-state index contributed by atoms with van der Waals surface area (Å²) in [5.41, 5.74) is -0.682. The molecule has 1 heterocycles. The molecule has 0 aliphatic rings. The van der Waals surface area contributed by atoms with Gasteiger partial charge in [-0.15, -0.1) is 0 Å². The largest absolute Gasteiger partial charge is 0.357 e. The van der Waals surface area contributed by atoms with Crippen LogP contribution in [0.2, 0.25) is 5.02 Å². The molecule has 14 heavy (non-hydrogen) atoms. The van der Waals surface area contributed by atoms with E-state index in [1.165, 1.54) is 6.07 Å². The highest BCUT2D eigenvalue weighted by molar-refractivity contribution is 6.31. The summed E-state index contributed by atoms with van der Waals surface area (Å²) in [6.07, 6.45) is 1.13. The topological polar surface area (TPSA) is 32.9 Å². The molecule has 1 N–H and O–H groups in total. The van der Waals surface area contributed by atoms with Crippen molar-refractivity contribution in [1.82, 2.24) is 4.98 Å². The standard InChI is InChI=1S/C9H4ClF2NO/c10-5-3-13-8-4(9(5)14)1-2-6(11)7(8)12/h1-3H,(H,13,14). The van der Waals surface area contributed by atoms with Crippen LogP contribution >= 0.6 is 11.6 Å². The number of nitrogens with one attached hydrogen (secondary N) is 1. The second-order valence-electron chi connectivity index (χ2n) is 2.75. The van der Waals surface area contributed by atoms with Gasteiger partial charge in [-0.25, -0.2) is 8.78 Å². The van der Waals surface area contributed by atoms with Crippen LogP contribution in [-0.2, 0) is 0 Å². The highest BCUT2D eigenvalue weighted by atomic mass is 35.5. The molecule has 0 bridgehead atoms. The third-order valence-electron chi connectivity index (χ3n) is 1.90. The van der Waals surface area contributed by atoms with Gasteiger partial charge in [0.25, 0.3) is 0 Å². The third-order valence-corrected chi connectivity index (χ3v) is 2.18. The van der Waals surface area contributed by atoms with Gasteiger partial charge in [0, 0.05) is 6.20 Å². The first-order chi connectivity index (χ1) is 6.61. The van der Waals surface area contributed by atoms with Crippen molar-refractivity contribution in [3.63, 3.8) is 0 Å². The fourth-order valence-electron chi connectivity index (χ4n) is 1.21. The molecular weight excluding hydrogens is 212 g/mol. The van der Waals surface area contributed by atoms with Crippen molar-refractivity contribution < 1.29 is 8.78 Å². The van der Waals surface area contributed by atoms with Gasteiger partial charge in [-0.1, -0.05) is 11.6 Å². The summed E-state index contributed by atoms with van der Waals surface area (Å²) in [6, 6.07) is 2.09.